The van der Waals surface area contributed by atoms with Crippen molar-refractivity contribution in [1.29, 1.82) is 0 Å². The number of nitrogens with zero attached hydrogens (tertiary/aromatic N) is 3. The number of hydrogen-bond donors (Lipinski definition) is 1. The molecule has 0 fully saturated rings. The molecule has 1 aromatic heterocycles. The third kappa shape index (κ3) is 5.06. The van der Waals surface area contributed by atoms with Crippen molar-refractivity contribution in [3.05, 3.63) is 16.4 Å². The average molecular weight is 277 g/mol. The monoisotopic (exact) mass is 276 g/mol. The zero-order valence-corrected chi connectivity index (χ0v) is 11.7. The molecule has 17 heavy (non-hydrogen) atoms. The quantitative estimate of drug-likeness (QED) is 0.832. The Labute approximate surface area is 112 Å². The van der Waals surface area contributed by atoms with E-state index in [1.165, 1.54) is 0 Å². The molecule has 0 unspecified atom stereocenters. The molecular formula is C11H18Cl2N4. The molecule has 1 aromatic rings. The van der Waals surface area contributed by atoms with E-state index in [-0.39, 0.29) is 0 Å². The van der Waals surface area contributed by atoms with Gasteiger partial charge >= 0.3 is 0 Å². The number of aromatic nitrogens is 2. The van der Waals surface area contributed by atoms with Crippen LogP contribution in [0.25, 0.3) is 0 Å². The van der Waals surface area contributed by atoms with Crippen molar-refractivity contribution < 1.29 is 0 Å². The van der Waals surface area contributed by atoms with Crippen molar-refractivity contribution in [3.8, 4) is 0 Å². The Bertz CT molecular complexity index is 346. The van der Waals surface area contributed by atoms with E-state index >= 15 is 0 Å². The Morgan fingerprint density at radius 2 is 2.00 bits per heavy atom. The predicted octanol–water partition coefficient (Wildman–Crippen LogP) is 2.93. The molecule has 4 nitrogen and oxygen atoms in total. The molecule has 0 saturated heterocycles. The van der Waals surface area contributed by atoms with E-state index in [2.05, 4.69) is 34.3 Å². The van der Waals surface area contributed by atoms with Crippen LogP contribution in [0.5, 0.6) is 0 Å². The summed E-state index contributed by atoms with van der Waals surface area (Å²) in [5.74, 6) is 0. The number of likely N-dealkylation sites (N-methyl/N-ethyl adjacent to an activating group) is 1. The molecule has 0 aliphatic heterocycles. The third-order valence-corrected chi connectivity index (χ3v) is 2.91. The Morgan fingerprint density at radius 1 is 1.24 bits per heavy atom. The van der Waals surface area contributed by atoms with Gasteiger partial charge in [0, 0.05) is 19.2 Å². The predicted molar refractivity (Wildman–Crippen MR) is 72.9 cm³/mol. The van der Waals surface area contributed by atoms with Crippen LogP contribution in [0.1, 0.15) is 20.3 Å². The maximum absolute atomic E-state index is 5.90. The normalized spacial score (nSPS) is 10.9. The molecule has 1 rings (SSSR count). The largest absolute Gasteiger partial charge is 0.381 e. The number of halogens is 2. The van der Waals surface area contributed by atoms with E-state index < -0.39 is 0 Å². The molecule has 0 bridgehead atoms. The summed E-state index contributed by atoms with van der Waals surface area (Å²) in [5, 5.41) is 11.3. The van der Waals surface area contributed by atoms with Gasteiger partial charge in [0.15, 0.2) is 10.3 Å². The summed E-state index contributed by atoms with van der Waals surface area (Å²) in [4.78, 5) is 2.37. The second kappa shape index (κ2) is 7.69. The van der Waals surface area contributed by atoms with Crippen LogP contribution < -0.4 is 5.32 Å². The molecule has 0 aliphatic carbocycles. The highest BCUT2D eigenvalue weighted by Gasteiger charge is 2.04. The lowest BCUT2D eigenvalue weighted by atomic mass is 10.4. The molecule has 6 heteroatoms. The van der Waals surface area contributed by atoms with Gasteiger partial charge in [-0.25, -0.2) is 0 Å². The first kappa shape index (κ1) is 14.5. The number of anilines is 1. The van der Waals surface area contributed by atoms with E-state index in [9.17, 15) is 0 Å². The van der Waals surface area contributed by atoms with Crippen LogP contribution in [0.15, 0.2) is 6.07 Å². The summed E-state index contributed by atoms with van der Waals surface area (Å²) in [6.45, 7) is 8.29. The van der Waals surface area contributed by atoms with Gasteiger partial charge in [-0.05, 0) is 19.5 Å². The molecule has 0 radical (unpaired) electrons. The summed E-state index contributed by atoms with van der Waals surface area (Å²) in [7, 11) is 0. The Hall–Kier alpha value is -0.580. The van der Waals surface area contributed by atoms with Gasteiger partial charge in [0.05, 0.1) is 5.69 Å². The van der Waals surface area contributed by atoms with Gasteiger partial charge in [-0.1, -0.05) is 37.0 Å². The van der Waals surface area contributed by atoms with Crippen LogP contribution in [0, 0.1) is 0 Å². The van der Waals surface area contributed by atoms with E-state index in [4.69, 9.17) is 23.2 Å². The van der Waals surface area contributed by atoms with Crippen LogP contribution in [-0.2, 0) is 0 Å². The highest BCUT2D eigenvalue weighted by molar-refractivity contribution is 6.33. The van der Waals surface area contributed by atoms with Gasteiger partial charge in [0.25, 0.3) is 0 Å². The Balaban J connectivity index is 2.42. The summed E-state index contributed by atoms with van der Waals surface area (Å²) in [6.07, 6.45) is 1.16. The summed E-state index contributed by atoms with van der Waals surface area (Å²) in [6, 6.07) is 1.69. The van der Waals surface area contributed by atoms with Crippen molar-refractivity contribution in [2.24, 2.45) is 0 Å². The van der Waals surface area contributed by atoms with Crippen LogP contribution in [-0.4, -0.2) is 41.3 Å². The minimum atomic E-state index is 0.345. The molecule has 0 aliphatic rings. The highest BCUT2D eigenvalue weighted by Crippen LogP contribution is 2.20. The molecule has 0 spiro atoms. The lowest BCUT2D eigenvalue weighted by molar-refractivity contribution is 0.300. The number of hydrogen-bond acceptors (Lipinski definition) is 4. The SMILES string of the molecule is CCCN(CC)CCNc1cc(Cl)nnc1Cl. The smallest absolute Gasteiger partial charge is 0.174 e. The first-order valence-corrected chi connectivity index (χ1v) is 6.57. The summed E-state index contributed by atoms with van der Waals surface area (Å²) < 4.78 is 0. The summed E-state index contributed by atoms with van der Waals surface area (Å²) >= 11 is 11.7. The molecule has 1 N–H and O–H groups in total. The molecule has 0 amide bonds. The standard InChI is InChI=1S/C11H18Cl2N4/c1-3-6-17(4-2)7-5-14-9-8-10(12)15-16-11(9)13/h8H,3-7H2,1-2H3,(H,14,15). The summed E-state index contributed by atoms with van der Waals surface area (Å²) in [5.41, 5.74) is 0.735. The fourth-order valence-corrected chi connectivity index (χ4v) is 1.88. The first-order valence-electron chi connectivity index (χ1n) is 5.82. The van der Waals surface area contributed by atoms with Crippen LogP contribution >= 0.6 is 23.2 Å². The van der Waals surface area contributed by atoms with Gasteiger partial charge in [0.1, 0.15) is 0 Å². The number of nitrogens with one attached hydrogen (secondary N) is 1. The third-order valence-electron chi connectivity index (χ3n) is 2.45. The second-order valence-corrected chi connectivity index (χ2v) is 4.48. The van der Waals surface area contributed by atoms with Gasteiger partial charge in [0.2, 0.25) is 0 Å². The molecule has 96 valence electrons. The molecule has 0 saturated carbocycles. The van der Waals surface area contributed by atoms with Crippen molar-refractivity contribution >= 4 is 28.9 Å². The molecule has 0 atom stereocenters. The second-order valence-electron chi connectivity index (χ2n) is 3.73. The maximum atomic E-state index is 5.90. The molecule has 0 aromatic carbocycles. The van der Waals surface area contributed by atoms with Crippen molar-refractivity contribution in [1.82, 2.24) is 15.1 Å². The lowest BCUT2D eigenvalue weighted by Crippen LogP contribution is -2.29. The Morgan fingerprint density at radius 3 is 2.65 bits per heavy atom. The fraction of sp³-hybridized carbons (Fsp3) is 0.636. The van der Waals surface area contributed by atoms with E-state index in [1.54, 1.807) is 6.07 Å². The zero-order valence-electron chi connectivity index (χ0n) is 10.2. The van der Waals surface area contributed by atoms with E-state index in [0.29, 0.717) is 10.3 Å². The topological polar surface area (TPSA) is 41.0 Å². The highest BCUT2D eigenvalue weighted by atomic mass is 35.5. The lowest BCUT2D eigenvalue weighted by Gasteiger charge is -2.19. The van der Waals surface area contributed by atoms with E-state index in [0.717, 1.165) is 38.3 Å². The fourth-order valence-electron chi connectivity index (χ4n) is 1.57. The molecular weight excluding hydrogens is 259 g/mol. The van der Waals surface area contributed by atoms with Crippen LogP contribution in [0.2, 0.25) is 10.3 Å². The minimum Gasteiger partial charge on any atom is -0.381 e. The van der Waals surface area contributed by atoms with Gasteiger partial charge in [-0.2, -0.15) is 0 Å². The van der Waals surface area contributed by atoms with Crippen molar-refractivity contribution in [2.75, 3.05) is 31.5 Å². The van der Waals surface area contributed by atoms with Crippen LogP contribution in [0.4, 0.5) is 5.69 Å². The van der Waals surface area contributed by atoms with Gasteiger partial charge in [-0.15, -0.1) is 10.2 Å². The van der Waals surface area contributed by atoms with Crippen LogP contribution in [0.3, 0.4) is 0 Å². The Kier molecular flexibility index (Phi) is 6.55. The first-order chi connectivity index (χ1) is 8.17. The van der Waals surface area contributed by atoms with Gasteiger partial charge < -0.3 is 10.2 Å². The average Bonchev–Trinajstić information content (AvgIpc) is 2.32. The number of rotatable bonds is 7. The van der Waals surface area contributed by atoms with Crippen molar-refractivity contribution in [2.45, 2.75) is 20.3 Å². The van der Waals surface area contributed by atoms with Gasteiger partial charge in [-0.3, -0.25) is 0 Å². The van der Waals surface area contributed by atoms with Crippen molar-refractivity contribution in [3.63, 3.8) is 0 Å². The van der Waals surface area contributed by atoms with E-state index in [1.807, 2.05) is 0 Å². The molecule has 1 heterocycles. The maximum Gasteiger partial charge on any atom is 0.174 e. The minimum absolute atomic E-state index is 0.345. The zero-order chi connectivity index (χ0) is 12.7.